The van der Waals surface area contributed by atoms with Gasteiger partial charge in [0.05, 0.1) is 105 Å². The quantitative estimate of drug-likeness (QED) is 0.0780. The number of rotatable bonds is 28. The van der Waals surface area contributed by atoms with Gasteiger partial charge in [0, 0.05) is 6.42 Å². The van der Waals surface area contributed by atoms with E-state index < -0.39 is 23.3 Å². The molecule has 0 aliphatic carbocycles. The summed E-state index contributed by atoms with van der Waals surface area (Å²) in [5.74, 6) is -3.53. The summed E-state index contributed by atoms with van der Waals surface area (Å²) in [6.45, 7) is 10.9. The van der Waals surface area contributed by atoms with E-state index in [-0.39, 0.29) is 38.4 Å². The first kappa shape index (κ1) is 37.8. The second kappa shape index (κ2) is 25.7. The summed E-state index contributed by atoms with van der Waals surface area (Å²) in [7, 11) is 0. The Kier molecular flexibility index (Phi) is 24.3. The molecule has 40 heavy (non-hydrogen) atoms. The van der Waals surface area contributed by atoms with Crippen LogP contribution in [0.5, 0.6) is 0 Å². The molecular weight excluding hydrogens is 536 g/mol. The Balaban J connectivity index is 3.20. The maximum Gasteiger partial charge on any atom is 0.372 e. The fraction of sp³-hybridized carbons (Fsp3) is 0.846. The zero-order valence-electron chi connectivity index (χ0n) is 24.0. The molecule has 0 atom stereocenters. The summed E-state index contributed by atoms with van der Waals surface area (Å²) in [5.41, 5.74) is -0.487. The van der Waals surface area contributed by atoms with Crippen molar-refractivity contribution in [1.82, 2.24) is 0 Å². The molecule has 14 nitrogen and oxygen atoms in total. The van der Waals surface area contributed by atoms with E-state index in [4.69, 9.17) is 47.7 Å². The van der Waals surface area contributed by atoms with Gasteiger partial charge in [0.15, 0.2) is 0 Å². The molecule has 0 spiro atoms. The molecule has 0 aliphatic heterocycles. The molecule has 0 fully saturated rings. The number of aliphatic carboxylic acids is 1. The van der Waals surface area contributed by atoms with Crippen molar-refractivity contribution in [3.63, 3.8) is 0 Å². The zero-order valence-corrected chi connectivity index (χ0v) is 24.0. The van der Waals surface area contributed by atoms with Gasteiger partial charge in [-0.2, -0.15) is 0 Å². The molecule has 0 saturated heterocycles. The van der Waals surface area contributed by atoms with Crippen molar-refractivity contribution in [2.75, 3.05) is 99.1 Å². The van der Waals surface area contributed by atoms with Crippen LogP contribution in [0, 0.1) is 0 Å². The third-order valence-electron chi connectivity index (χ3n) is 4.39. The second-order valence-corrected chi connectivity index (χ2v) is 9.07. The molecule has 0 aromatic rings. The maximum atomic E-state index is 11.5. The lowest BCUT2D eigenvalue weighted by Crippen LogP contribution is -2.24. The average Bonchev–Trinajstić information content (AvgIpc) is 2.88. The molecule has 0 aliphatic rings. The predicted molar refractivity (Wildman–Crippen MR) is 139 cm³/mol. The van der Waals surface area contributed by atoms with E-state index in [0.29, 0.717) is 85.9 Å². The van der Waals surface area contributed by atoms with E-state index in [0.717, 1.165) is 0 Å². The van der Waals surface area contributed by atoms with Gasteiger partial charge in [-0.15, -0.1) is 0 Å². The molecule has 14 heteroatoms. The van der Waals surface area contributed by atoms with Crippen LogP contribution in [0.25, 0.3) is 0 Å². The summed E-state index contributed by atoms with van der Waals surface area (Å²) in [6.07, 6.45) is -0.449. The highest BCUT2D eigenvalue weighted by Crippen LogP contribution is 2.08. The largest absolute Gasteiger partial charge is 0.476 e. The zero-order chi connectivity index (χ0) is 29.9. The van der Waals surface area contributed by atoms with Crippen molar-refractivity contribution in [2.24, 2.45) is 0 Å². The summed E-state index contributed by atoms with van der Waals surface area (Å²) in [6, 6.07) is 0. The third kappa shape index (κ3) is 28.8. The first-order valence-electron chi connectivity index (χ1n) is 13.3. The van der Waals surface area contributed by atoms with Crippen LogP contribution in [0.15, 0.2) is 0 Å². The van der Waals surface area contributed by atoms with Crippen LogP contribution in [0.1, 0.15) is 40.0 Å². The maximum absolute atomic E-state index is 11.5. The highest BCUT2D eigenvalue weighted by Gasteiger charge is 2.16. The Morgan fingerprint density at radius 1 is 0.475 bits per heavy atom. The van der Waals surface area contributed by atoms with Crippen LogP contribution in [-0.2, 0) is 61.8 Å². The Labute approximate surface area is 235 Å². The van der Waals surface area contributed by atoms with Crippen molar-refractivity contribution < 1.29 is 66.9 Å². The number of ketones is 1. The fourth-order valence-electron chi connectivity index (χ4n) is 2.58. The highest BCUT2D eigenvalue weighted by molar-refractivity contribution is 6.32. The van der Waals surface area contributed by atoms with E-state index in [1.54, 1.807) is 0 Å². The molecule has 0 unspecified atom stereocenters. The lowest BCUT2D eigenvalue weighted by molar-refractivity contribution is -0.156. The first-order chi connectivity index (χ1) is 19.1. The Morgan fingerprint density at radius 2 is 0.825 bits per heavy atom. The van der Waals surface area contributed by atoms with Gasteiger partial charge in [-0.3, -0.25) is 14.4 Å². The Bertz CT molecular complexity index is 677. The molecule has 0 amide bonds. The van der Waals surface area contributed by atoms with Crippen molar-refractivity contribution in [3.8, 4) is 0 Å². The lowest BCUT2D eigenvalue weighted by Gasteiger charge is -2.19. The van der Waals surface area contributed by atoms with Crippen LogP contribution < -0.4 is 0 Å². The molecule has 0 radical (unpaired) electrons. The molecule has 0 aromatic carbocycles. The molecule has 0 heterocycles. The van der Waals surface area contributed by atoms with Gasteiger partial charge >= 0.3 is 17.9 Å². The minimum absolute atomic E-state index is 0.0113. The average molecular weight is 583 g/mol. The van der Waals surface area contributed by atoms with Crippen molar-refractivity contribution in [3.05, 3.63) is 0 Å². The topological polar surface area (TPSA) is 172 Å². The molecule has 1 N–H and O–H groups in total. The summed E-state index contributed by atoms with van der Waals surface area (Å²) < 4.78 is 47.5. The fourth-order valence-corrected chi connectivity index (χ4v) is 2.58. The normalized spacial score (nSPS) is 11.4. The van der Waals surface area contributed by atoms with Crippen LogP contribution in [-0.4, -0.2) is 134 Å². The summed E-state index contributed by atoms with van der Waals surface area (Å²) >= 11 is 0. The molecular formula is C26H46O14. The number of hydrogen-bond donors (Lipinski definition) is 1. The number of esters is 2. The van der Waals surface area contributed by atoms with Gasteiger partial charge < -0.3 is 47.7 Å². The standard InChI is InChI=1S/C26H46O14/c1-26(2,3)40-24(29)6-7-32-8-9-33-10-11-34-12-13-35-14-15-36-16-17-37-18-19-38-20-21-39-23(28)5-4-22(27)25(30)31/h4-21H2,1-3H3,(H,30,31). The van der Waals surface area contributed by atoms with E-state index in [1.807, 2.05) is 20.8 Å². The molecule has 234 valence electrons. The minimum Gasteiger partial charge on any atom is -0.476 e. The Morgan fingerprint density at radius 3 is 1.18 bits per heavy atom. The minimum atomic E-state index is -1.57. The molecule has 0 bridgehead atoms. The smallest absolute Gasteiger partial charge is 0.372 e. The summed E-state index contributed by atoms with van der Waals surface area (Å²) in [4.78, 5) is 44.1. The summed E-state index contributed by atoms with van der Waals surface area (Å²) in [5, 5.41) is 8.42. The highest BCUT2D eigenvalue weighted by atomic mass is 16.6. The molecule has 0 saturated carbocycles. The van der Waals surface area contributed by atoms with E-state index in [2.05, 4.69) is 0 Å². The van der Waals surface area contributed by atoms with Crippen molar-refractivity contribution in [2.45, 2.75) is 45.6 Å². The van der Waals surface area contributed by atoms with Gasteiger partial charge in [0.2, 0.25) is 5.78 Å². The van der Waals surface area contributed by atoms with E-state index in [9.17, 15) is 19.2 Å². The van der Waals surface area contributed by atoms with Crippen molar-refractivity contribution in [1.29, 1.82) is 0 Å². The number of carbonyl (C=O) groups excluding carboxylic acids is 3. The van der Waals surface area contributed by atoms with Gasteiger partial charge in [-0.1, -0.05) is 0 Å². The third-order valence-corrected chi connectivity index (χ3v) is 4.39. The van der Waals surface area contributed by atoms with Gasteiger partial charge in [-0.25, -0.2) is 4.79 Å². The predicted octanol–water partition coefficient (Wildman–Crippen LogP) is 0.812. The van der Waals surface area contributed by atoms with Crippen LogP contribution in [0.4, 0.5) is 0 Å². The molecule has 0 rings (SSSR count). The van der Waals surface area contributed by atoms with E-state index in [1.165, 1.54) is 0 Å². The van der Waals surface area contributed by atoms with Gasteiger partial charge in [0.25, 0.3) is 0 Å². The van der Waals surface area contributed by atoms with Crippen LogP contribution in [0.3, 0.4) is 0 Å². The van der Waals surface area contributed by atoms with Crippen LogP contribution >= 0.6 is 0 Å². The first-order valence-corrected chi connectivity index (χ1v) is 13.3. The number of carbonyl (C=O) groups is 4. The van der Waals surface area contributed by atoms with E-state index >= 15 is 0 Å². The van der Waals surface area contributed by atoms with Crippen LogP contribution in [0.2, 0.25) is 0 Å². The van der Waals surface area contributed by atoms with Gasteiger partial charge in [0.1, 0.15) is 12.2 Å². The second-order valence-electron chi connectivity index (χ2n) is 9.07. The monoisotopic (exact) mass is 582 g/mol. The van der Waals surface area contributed by atoms with Crippen molar-refractivity contribution >= 4 is 23.7 Å². The van der Waals surface area contributed by atoms with Gasteiger partial charge in [-0.05, 0) is 20.8 Å². The number of ether oxygens (including phenoxy) is 9. The number of carboxylic acids is 1. The molecule has 0 aromatic heterocycles. The SMILES string of the molecule is CC(C)(C)OC(=O)CCOCCOCCOCCOCCOCCOCCOCCOC(=O)CCC(=O)C(=O)O. The number of carboxylic acid groups (broad SMARTS) is 1. The Hall–Kier alpha value is -2.20. The lowest BCUT2D eigenvalue weighted by atomic mass is 10.2. The number of hydrogen-bond acceptors (Lipinski definition) is 13. The number of Topliss-reactive ketones (excluding diaryl/α,β-unsaturated/α-hetero) is 1.